The lowest BCUT2D eigenvalue weighted by molar-refractivity contribution is -0.137. The fourth-order valence-corrected chi connectivity index (χ4v) is 4.97. The van der Waals surface area contributed by atoms with Gasteiger partial charge in [-0.15, -0.1) is 0 Å². The van der Waals surface area contributed by atoms with E-state index >= 15 is 0 Å². The molecule has 0 aliphatic rings. The standard InChI is InChI=1S/C16H16F3N3O2S2/c1-3-22-14-8-11(16(17,18)19)4-5-13(14)20-15(22)10(2)21-26(23,24)12-6-7-25-9-12/h4-10,21H,3H2,1-2H3. The molecule has 2 aromatic heterocycles. The number of hydrogen-bond donors (Lipinski definition) is 1. The zero-order chi connectivity index (χ0) is 19.1. The molecule has 1 N–H and O–H groups in total. The maximum absolute atomic E-state index is 13.0. The number of imidazole rings is 1. The summed E-state index contributed by atoms with van der Waals surface area (Å²) in [6.07, 6.45) is -4.46. The summed E-state index contributed by atoms with van der Waals surface area (Å²) in [7, 11) is -3.73. The number of halogens is 3. The number of rotatable bonds is 5. The van der Waals surface area contributed by atoms with Gasteiger partial charge in [-0.1, -0.05) is 0 Å². The number of thiophene rings is 1. The van der Waals surface area contributed by atoms with Gasteiger partial charge in [-0.3, -0.25) is 0 Å². The van der Waals surface area contributed by atoms with E-state index in [1.165, 1.54) is 28.8 Å². The molecule has 2 heterocycles. The molecule has 0 spiro atoms. The summed E-state index contributed by atoms with van der Waals surface area (Å²) in [4.78, 5) is 4.49. The van der Waals surface area contributed by atoms with Crippen LogP contribution in [0.4, 0.5) is 13.2 Å². The highest BCUT2D eigenvalue weighted by Crippen LogP contribution is 2.32. The van der Waals surface area contributed by atoms with E-state index in [4.69, 9.17) is 0 Å². The largest absolute Gasteiger partial charge is 0.416 e. The first-order valence-electron chi connectivity index (χ1n) is 7.75. The number of fused-ring (bicyclic) bond motifs is 1. The minimum Gasteiger partial charge on any atom is -0.327 e. The highest BCUT2D eigenvalue weighted by atomic mass is 32.2. The molecule has 0 radical (unpaired) electrons. The van der Waals surface area contributed by atoms with E-state index < -0.39 is 27.8 Å². The first kappa shape index (κ1) is 18.9. The second-order valence-corrected chi connectivity index (χ2v) is 8.21. The van der Waals surface area contributed by atoms with E-state index in [0.29, 0.717) is 23.4 Å². The molecule has 3 aromatic rings. The zero-order valence-electron chi connectivity index (χ0n) is 13.9. The molecule has 3 rings (SSSR count). The van der Waals surface area contributed by atoms with Crippen LogP contribution >= 0.6 is 11.3 Å². The van der Waals surface area contributed by atoms with E-state index in [9.17, 15) is 21.6 Å². The van der Waals surface area contributed by atoms with Crippen molar-refractivity contribution in [1.29, 1.82) is 0 Å². The van der Waals surface area contributed by atoms with Crippen molar-refractivity contribution < 1.29 is 21.6 Å². The number of aryl methyl sites for hydroxylation is 1. The van der Waals surface area contributed by atoms with Crippen molar-refractivity contribution in [3.05, 3.63) is 46.4 Å². The van der Waals surface area contributed by atoms with Crippen molar-refractivity contribution >= 4 is 32.4 Å². The third-order valence-corrected chi connectivity index (χ3v) is 6.32. The van der Waals surface area contributed by atoms with Gasteiger partial charge in [0, 0.05) is 11.9 Å². The average Bonchev–Trinajstić information content (AvgIpc) is 3.20. The molecule has 1 aromatic carbocycles. The van der Waals surface area contributed by atoms with Crippen molar-refractivity contribution in [3.63, 3.8) is 0 Å². The second kappa shape index (κ2) is 6.67. The molecule has 0 saturated heterocycles. The summed E-state index contributed by atoms with van der Waals surface area (Å²) >= 11 is 1.26. The van der Waals surface area contributed by atoms with Gasteiger partial charge in [0.25, 0.3) is 0 Å². The Morgan fingerprint density at radius 3 is 2.62 bits per heavy atom. The van der Waals surface area contributed by atoms with Gasteiger partial charge in [-0.25, -0.2) is 18.1 Å². The fourth-order valence-electron chi connectivity index (χ4n) is 2.74. The molecule has 1 unspecified atom stereocenters. The van der Waals surface area contributed by atoms with E-state index in [-0.39, 0.29) is 4.90 Å². The topological polar surface area (TPSA) is 64.0 Å². The number of nitrogens with one attached hydrogen (secondary N) is 1. The third kappa shape index (κ3) is 3.49. The van der Waals surface area contributed by atoms with Gasteiger partial charge >= 0.3 is 6.18 Å². The Kier molecular flexibility index (Phi) is 4.84. The van der Waals surface area contributed by atoms with Gasteiger partial charge in [-0.05, 0) is 43.5 Å². The highest BCUT2D eigenvalue weighted by molar-refractivity contribution is 7.89. The minimum atomic E-state index is -4.46. The number of sulfonamides is 1. The molecular weight excluding hydrogens is 387 g/mol. The molecule has 26 heavy (non-hydrogen) atoms. The summed E-state index contributed by atoms with van der Waals surface area (Å²) < 4.78 is 67.8. The summed E-state index contributed by atoms with van der Waals surface area (Å²) in [5.41, 5.74) is -0.0620. The van der Waals surface area contributed by atoms with Crippen LogP contribution in [-0.4, -0.2) is 18.0 Å². The molecule has 10 heteroatoms. The van der Waals surface area contributed by atoms with Crippen LogP contribution in [0.15, 0.2) is 39.9 Å². The summed E-state index contributed by atoms with van der Waals surface area (Å²) in [6.45, 7) is 3.74. The lowest BCUT2D eigenvalue weighted by Gasteiger charge is -2.15. The number of nitrogens with zero attached hydrogens (tertiary/aromatic N) is 2. The Labute approximate surface area is 152 Å². The molecule has 0 aliphatic carbocycles. The first-order chi connectivity index (χ1) is 12.1. The van der Waals surface area contributed by atoms with Gasteiger partial charge in [0.2, 0.25) is 10.0 Å². The summed E-state index contributed by atoms with van der Waals surface area (Å²) in [5.74, 6) is 0.362. The van der Waals surface area contributed by atoms with Crippen molar-refractivity contribution in [2.24, 2.45) is 0 Å². The van der Waals surface area contributed by atoms with Gasteiger partial charge < -0.3 is 4.57 Å². The van der Waals surface area contributed by atoms with Crippen LogP contribution in [0.25, 0.3) is 11.0 Å². The lowest BCUT2D eigenvalue weighted by atomic mass is 10.2. The maximum atomic E-state index is 13.0. The fraction of sp³-hybridized carbons (Fsp3) is 0.312. The van der Waals surface area contributed by atoms with Crippen molar-refractivity contribution in [1.82, 2.24) is 14.3 Å². The second-order valence-electron chi connectivity index (χ2n) is 5.72. The van der Waals surface area contributed by atoms with Crippen LogP contribution < -0.4 is 4.72 Å². The minimum absolute atomic E-state index is 0.146. The maximum Gasteiger partial charge on any atom is 0.416 e. The van der Waals surface area contributed by atoms with E-state index in [2.05, 4.69) is 9.71 Å². The lowest BCUT2D eigenvalue weighted by Crippen LogP contribution is -2.28. The predicted molar refractivity (Wildman–Crippen MR) is 93.5 cm³/mol. The third-order valence-electron chi connectivity index (χ3n) is 3.95. The van der Waals surface area contributed by atoms with Crippen molar-refractivity contribution in [2.45, 2.75) is 37.5 Å². The number of aromatic nitrogens is 2. The first-order valence-corrected chi connectivity index (χ1v) is 10.2. The van der Waals surface area contributed by atoms with E-state index in [0.717, 1.165) is 12.1 Å². The molecular formula is C16H16F3N3O2S2. The van der Waals surface area contributed by atoms with Crippen LogP contribution in [0, 0.1) is 0 Å². The quantitative estimate of drug-likeness (QED) is 0.695. The number of hydrogen-bond acceptors (Lipinski definition) is 4. The average molecular weight is 403 g/mol. The Balaban J connectivity index is 2.02. The molecule has 1 atom stereocenters. The molecule has 0 amide bonds. The van der Waals surface area contributed by atoms with E-state index in [1.54, 1.807) is 23.8 Å². The molecule has 140 valence electrons. The Bertz CT molecular complexity index is 1030. The summed E-state index contributed by atoms with van der Waals surface area (Å²) in [6, 6.07) is 4.09. The molecule has 0 fully saturated rings. The number of benzene rings is 1. The summed E-state index contributed by atoms with van der Waals surface area (Å²) in [5, 5.41) is 3.16. The van der Waals surface area contributed by atoms with E-state index in [1.807, 2.05) is 0 Å². The van der Waals surface area contributed by atoms with Gasteiger partial charge in [-0.2, -0.15) is 24.5 Å². The Morgan fingerprint density at radius 1 is 1.31 bits per heavy atom. The van der Waals surface area contributed by atoms with Crippen LogP contribution in [0.5, 0.6) is 0 Å². The van der Waals surface area contributed by atoms with Gasteiger partial charge in [0.05, 0.1) is 27.5 Å². The number of alkyl halides is 3. The molecule has 0 bridgehead atoms. The van der Waals surface area contributed by atoms with Crippen molar-refractivity contribution in [2.75, 3.05) is 0 Å². The monoisotopic (exact) mass is 403 g/mol. The molecule has 5 nitrogen and oxygen atoms in total. The van der Waals surface area contributed by atoms with Gasteiger partial charge in [0.1, 0.15) is 5.82 Å². The van der Waals surface area contributed by atoms with Gasteiger partial charge in [0.15, 0.2) is 0 Å². The molecule has 0 aliphatic heterocycles. The van der Waals surface area contributed by atoms with Crippen molar-refractivity contribution in [3.8, 4) is 0 Å². The Morgan fingerprint density at radius 2 is 2.04 bits per heavy atom. The predicted octanol–water partition coefficient (Wildman–Crippen LogP) is 4.18. The van der Waals surface area contributed by atoms with Crippen LogP contribution in [0.3, 0.4) is 0 Å². The van der Waals surface area contributed by atoms with Crippen LogP contribution in [0.1, 0.15) is 31.3 Å². The SMILES string of the molecule is CCn1c(C(C)NS(=O)(=O)c2ccsc2)nc2ccc(C(F)(F)F)cc21. The smallest absolute Gasteiger partial charge is 0.327 e. The molecule has 0 saturated carbocycles. The van der Waals surface area contributed by atoms with Crippen LogP contribution in [0.2, 0.25) is 0 Å². The highest BCUT2D eigenvalue weighted by Gasteiger charge is 2.31. The zero-order valence-corrected chi connectivity index (χ0v) is 15.5. The normalized spacial score (nSPS) is 14.0. The van der Waals surface area contributed by atoms with Crippen LogP contribution in [-0.2, 0) is 22.7 Å². The Hall–Kier alpha value is -1.91.